The second-order valence-electron chi connectivity index (χ2n) is 4.06. The molecule has 0 saturated carbocycles. The van der Waals surface area contributed by atoms with Crippen LogP contribution in [-0.2, 0) is 11.3 Å². The van der Waals surface area contributed by atoms with E-state index in [-0.39, 0.29) is 5.82 Å². The SMILES string of the molecule is COCCN(C)CCNCc1ccccc1F. The van der Waals surface area contributed by atoms with Gasteiger partial charge in [0.25, 0.3) is 0 Å². The van der Waals surface area contributed by atoms with Crippen molar-refractivity contribution < 1.29 is 9.13 Å². The summed E-state index contributed by atoms with van der Waals surface area (Å²) in [5.41, 5.74) is 0.715. The fourth-order valence-electron chi connectivity index (χ4n) is 1.49. The minimum Gasteiger partial charge on any atom is -0.383 e. The Morgan fingerprint density at radius 3 is 2.76 bits per heavy atom. The van der Waals surface area contributed by atoms with Gasteiger partial charge in [0, 0.05) is 38.9 Å². The molecule has 4 heteroatoms. The molecule has 0 atom stereocenters. The summed E-state index contributed by atoms with van der Waals surface area (Å²) in [6, 6.07) is 6.85. The number of benzene rings is 1. The van der Waals surface area contributed by atoms with E-state index >= 15 is 0 Å². The summed E-state index contributed by atoms with van der Waals surface area (Å²) < 4.78 is 18.3. The van der Waals surface area contributed by atoms with E-state index in [1.807, 2.05) is 13.1 Å². The van der Waals surface area contributed by atoms with Gasteiger partial charge in [-0.3, -0.25) is 0 Å². The number of nitrogens with one attached hydrogen (secondary N) is 1. The van der Waals surface area contributed by atoms with Crippen molar-refractivity contribution in [3.63, 3.8) is 0 Å². The van der Waals surface area contributed by atoms with Crippen LogP contribution < -0.4 is 5.32 Å². The maximum absolute atomic E-state index is 13.3. The van der Waals surface area contributed by atoms with E-state index in [4.69, 9.17) is 4.74 Å². The molecule has 0 unspecified atom stereocenters. The van der Waals surface area contributed by atoms with Crippen LogP contribution in [0.25, 0.3) is 0 Å². The zero-order valence-electron chi connectivity index (χ0n) is 10.6. The predicted octanol–water partition coefficient (Wildman–Crippen LogP) is 1.49. The third-order valence-electron chi connectivity index (χ3n) is 2.62. The smallest absolute Gasteiger partial charge is 0.127 e. The Morgan fingerprint density at radius 1 is 1.29 bits per heavy atom. The minimum absolute atomic E-state index is 0.146. The van der Waals surface area contributed by atoms with Crippen LogP contribution in [0.3, 0.4) is 0 Å². The van der Waals surface area contributed by atoms with Gasteiger partial charge in [-0.2, -0.15) is 0 Å². The van der Waals surface area contributed by atoms with Crippen molar-refractivity contribution in [2.45, 2.75) is 6.54 Å². The number of nitrogens with zero attached hydrogens (tertiary/aromatic N) is 1. The van der Waals surface area contributed by atoms with Gasteiger partial charge >= 0.3 is 0 Å². The van der Waals surface area contributed by atoms with E-state index in [9.17, 15) is 4.39 Å². The Balaban J connectivity index is 2.14. The van der Waals surface area contributed by atoms with E-state index in [1.54, 1.807) is 19.2 Å². The molecule has 0 radical (unpaired) electrons. The first-order valence-electron chi connectivity index (χ1n) is 5.85. The Morgan fingerprint density at radius 2 is 2.06 bits per heavy atom. The molecule has 3 nitrogen and oxygen atoms in total. The van der Waals surface area contributed by atoms with Gasteiger partial charge in [0.1, 0.15) is 5.82 Å². The molecular weight excluding hydrogens is 219 g/mol. The molecule has 0 saturated heterocycles. The number of hydrogen-bond acceptors (Lipinski definition) is 3. The molecule has 17 heavy (non-hydrogen) atoms. The molecule has 1 N–H and O–H groups in total. The average Bonchev–Trinajstić information content (AvgIpc) is 2.34. The van der Waals surface area contributed by atoms with Crippen molar-refractivity contribution in [1.29, 1.82) is 0 Å². The van der Waals surface area contributed by atoms with Crippen LogP contribution in [0.15, 0.2) is 24.3 Å². The van der Waals surface area contributed by atoms with E-state index in [0.29, 0.717) is 12.1 Å². The van der Waals surface area contributed by atoms with Gasteiger partial charge in [-0.25, -0.2) is 4.39 Å². The molecule has 0 aliphatic rings. The maximum atomic E-state index is 13.3. The molecule has 0 bridgehead atoms. The van der Waals surface area contributed by atoms with Crippen LogP contribution in [0, 0.1) is 5.82 Å². The molecular formula is C13H21FN2O. The van der Waals surface area contributed by atoms with Gasteiger partial charge in [0.2, 0.25) is 0 Å². The summed E-state index contributed by atoms with van der Waals surface area (Å²) in [6.45, 7) is 4.00. The number of hydrogen-bond donors (Lipinski definition) is 1. The fourth-order valence-corrected chi connectivity index (χ4v) is 1.49. The molecule has 0 fully saturated rings. The van der Waals surface area contributed by atoms with E-state index in [1.165, 1.54) is 6.07 Å². The van der Waals surface area contributed by atoms with Gasteiger partial charge < -0.3 is 15.0 Å². The largest absolute Gasteiger partial charge is 0.383 e. The molecule has 0 spiro atoms. The molecule has 96 valence electrons. The summed E-state index contributed by atoms with van der Waals surface area (Å²) in [5, 5.41) is 3.23. The van der Waals surface area contributed by atoms with Crippen molar-refractivity contribution in [1.82, 2.24) is 10.2 Å². The minimum atomic E-state index is -0.146. The van der Waals surface area contributed by atoms with Gasteiger partial charge in [0.05, 0.1) is 6.61 Å². The third kappa shape index (κ3) is 5.77. The number of halogens is 1. The highest BCUT2D eigenvalue weighted by atomic mass is 19.1. The second-order valence-corrected chi connectivity index (χ2v) is 4.06. The first-order valence-corrected chi connectivity index (χ1v) is 5.85. The van der Waals surface area contributed by atoms with Crippen LogP contribution in [0.5, 0.6) is 0 Å². The molecule has 0 amide bonds. The monoisotopic (exact) mass is 240 g/mol. The maximum Gasteiger partial charge on any atom is 0.127 e. The van der Waals surface area contributed by atoms with Gasteiger partial charge in [-0.15, -0.1) is 0 Å². The lowest BCUT2D eigenvalue weighted by molar-refractivity contribution is 0.161. The van der Waals surface area contributed by atoms with Crippen LogP contribution in [0.1, 0.15) is 5.56 Å². The lowest BCUT2D eigenvalue weighted by Gasteiger charge is -2.16. The van der Waals surface area contributed by atoms with Crippen molar-refractivity contribution in [3.05, 3.63) is 35.6 Å². The Kier molecular flexibility index (Phi) is 6.77. The highest BCUT2D eigenvalue weighted by Crippen LogP contribution is 2.04. The molecule has 0 heterocycles. The summed E-state index contributed by atoms with van der Waals surface area (Å²) in [6.07, 6.45) is 0. The van der Waals surface area contributed by atoms with Crippen LogP contribution in [0.4, 0.5) is 4.39 Å². The van der Waals surface area contributed by atoms with Gasteiger partial charge in [0.15, 0.2) is 0 Å². The van der Waals surface area contributed by atoms with Crippen LogP contribution in [-0.4, -0.2) is 45.3 Å². The van der Waals surface area contributed by atoms with E-state index in [2.05, 4.69) is 10.2 Å². The van der Waals surface area contributed by atoms with Crippen LogP contribution in [0.2, 0.25) is 0 Å². The second kappa shape index (κ2) is 8.17. The lowest BCUT2D eigenvalue weighted by atomic mass is 10.2. The van der Waals surface area contributed by atoms with E-state index < -0.39 is 0 Å². The number of likely N-dealkylation sites (N-methyl/N-ethyl adjacent to an activating group) is 1. The third-order valence-corrected chi connectivity index (χ3v) is 2.62. The quantitative estimate of drug-likeness (QED) is 0.697. The van der Waals surface area contributed by atoms with Crippen molar-refractivity contribution in [2.75, 3.05) is 40.4 Å². The number of methoxy groups -OCH3 is 1. The Labute approximate surface area is 103 Å². The highest BCUT2D eigenvalue weighted by molar-refractivity contribution is 5.16. The number of ether oxygens (including phenoxy) is 1. The zero-order chi connectivity index (χ0) is 12.5. The Hall–Kier alpha value is -0.970. The van der Waals surface area contributed by atoms with Crippen molar-refractivity contribution >= 4 is 0 Å². The van der Waals surface area contributed by atoms with Gasteiger partial charge in [-0.1, -0.05) is 18.2 Å². The lowest BCUT2D eigenvalue weighted by Crippen LogP contribution is -2.31. The molecule has 1 aromatic carbocycles. The van der Waals surface area contributed by atoms with E-state index in [0.717, 1.165) is 26.2 Å². The Bertz CT molecular complexity index is 320. The number of rotatable bonds is 8. The molecule has 0 aliphatic carbocycles. The topological polar surface area (TPSA) is 24.5 Å². The molecule has 0 aliphatic heterocycles. The summed E-state index contributed by atoms with van der Waals surface area (Å²) in [5.74, 6) is -0.146. The molecule has 0 aromatic heterocycles. The summed E-state index contributed by atoms with van der Waals surface area (Å²) in [4.78, 5) is 2.18. The first-order chi connectivity index (χ1) is 8.24. The van der Waals surface area contributed by atoms with Crippen molar-refractivity contribution in [3.8, 4) is 0 Å². The zero-order valence-corrected chi connectivity index (χ0v) is 10.6. The van der Waals surface area contributed by atoms with Crippen molar-refractivity contribution in [2.24, 2.45) is 0 Å². The van der Waals surface area contributed by atoms with Crippen LogP contribution >= 0.6 is 0 Å². The standard InChI is InChI=1S/C13H21FN2O/c1-16(9-10-17-2)8-7-15-11-12-5-3-4-6-13(12)14/h3-6,15H,7-11H2,1-2H3. The summed E-state index contributed by atoms with van der Waals surface area (Å²) in [7, 11) is 3.74. The normalized spacial score (nSPS) is 11.1. The fraction of sp³-hybridized carbons (Fsp3) is 0.538. The average molecular weight is 240 g/mol. The summed E-state index contributed by atoms with van der Waals surface area (Å²) >= 11 is 0. The molecule has 1 rings (SSSR count). The highest BCUT2D eigenvalue weighted by Gasteiger charge is 2.00. The first kappa shape index (κ1) is 14.1. The predicted molar refractivity (Wildman–Crippen MR) is 67.5 cm³/mol. The van der Waals surface area contributed by atoms with Gasteiger partial charge in [-0.05, 0) is 13.1 Å². The molecule has 1 aromatic rings.